The zero-order valence-corrected chi connectivity index (χ0v) is 8.93. The van der Waals surface area contributed by atoms with Gasteiger partial charge in [-0.3, -0.25) is 0 Å². The average Bonchev–Trinajstić information content (AvgIpc) is 2.06. The topological polar surface area (TPSA) is 0 Å². The second-order valence-electron chi connectivity index (χ2n) is 2.11. The van der Waals surface area contributed by atoms with Crippen molar-refractivity contribution in [2.45, 2.75) is 0 Å². The quantitative estimate of drug-likeness (QED) is 0.550. The van der Waals surface area contributed by atoms with Gasteiger partial charge in [-0.05, 0) is 0 Å². The van der Waals surface area contributed by atoms with Crippen molar-refractivity contribution in [2.75, 3.05) is 5.62 Å². The highest BCUT2D eigenvalue weighted by Gasteiger charge is 2.13. The number of hydrogen-bond donors (Lipinski definition) is 0. The van der Waals surface area contributed by atoms with Crippen molar-refractivity contribution in [1.82, 2.24) is 0 Å². The predicted octanol–water partition coefficient (Wildman–Crippen LogP) is 3.14. The lowest BCUT2D eigenvalue weighted by Crippen LogP contribution is -1.99. The van der Waals surface area contributed by atoms with Crippen molar-refractivity contribution < 1.29 is 0 Å². The Morgan fingerprint density at radius 1 is 1.27 bits per heavy atom. The molecule has 0 N–H and O–H groups in total. The lowest BCUT2D eigenvalue weighted by molar-refractivity contribution is 1.77. The summed E-state index contributed by atoms with van der Waals surface area (Å²) in [6, 6.07) is 9.63. The summed E-state index contributed by atoms with van der Waals surface area (Å²) >= 11 is 16.8. The van der Waals surface area contributed by atoms with Crippen molar-refractivity contribution in [1.29, 1.82) is 0 Å². The number of hydrogen-bond acceptors (Lipinski definition) is 1. The molecule has 1 aromatic carbocycles. The highest BCUT2D eigenvalue weighted by atomic mass is 35.7. The Kier molecular flexibility index (Phi) is 3.39. The van der Waals surface area contributed by atoms with Crippen molar-refractivity contribution in [2.24, 2.45) is 0 Å². The van der Waals surface area contributed by atoms with Crippen LogP contribution in [0, 0.1) is 0 Å². The normalized spacial score (nSPS) is 15.8. The van der Waals surface area contributed by atoms with E-state index in [-0.39, 0.29) is 0 Å². The molecule has 0 spiro atoms. The maximum absolute atomic E-state index is 6.04. The molecule has 1 rings (SSSR count). The van der Waals surface area contributed by atoms with Crippen LogP contribution in [0.4, 0.5) is 0 Å². The summed E-state index contributed by atoms with van der Waals surface area (Å²) in [6.07, 6.45) is 0. The highest BCUT2D eigenvalue weighted by molar-refractivity contribution is 8.31. The minimum Gasteiger partial charge on any atom is -0.119 e. The third-order valence-electron chi connectivity index (χ3n) is 1.30. The van der Waals surface area contributed by atoms with Crippen LogP contribution in [-0.2, 0) is 11.8 Å². The number of halogens is 2. The standard InChI is InChI=1S/C7H7Cl2PS/c8-6-10(9,11)7-4-2-1-3-5-7/h1-5H,6H2. The monoisotopic (exact) mass is 224 g/mol. The number of alkyl halides is 1. The van der Waals surface area contributed by atoms with E-state index in [0.717, 1.165) is 5.30 Å². The Morgan fingerprint density at radius 2 is 1.82 bits per heavy atom. The minimum absolute atomic E-state index is 0.355. The van der Waals surface area contributed by atoms with Gasteiger partial charge in [0.25, 0.3) is 0 Å². The molecule has 1 aromatic rings. The predicted molar refractivity (Wildman–Crippen MR) is 56.9 cm³/mol. The molecule has 60 valence electrons. The van der Waals surface area contributed by atoms with E-state index in [4.69, 9.17) is 34.6 Å². The van der Waals surface area contributed by atoms with E-state index in [9.17, 15) is 0 Å². The molecule has 1 atom stereocenters. The molecule has 0 aromatic heterocycles. The summed E-state index contributed by atoms with van der Waals surface area (Å²) in [5.41, 5.74) is 0.355. The number of benzene rings is 1. The Morgan fingerprint density at radius 3 is 2.27 bits per heavy atom. The number of rotatable bonds is 2. The maximum atomic E-state index is 6.04. The average molecular weight is 225 g/mol. The van der Waals surface area contributed by atoms with Gasteiger partial charge in [0.1, 0.15) is 0 Å². The Balaban J connectivity index is 3.03. The molecule has 11 heavy (non-hydrogen) atoms. The van der Waals surface area contributed by atoms with Crippen molar-refractivity contribution in [3.8, 4) is 0 Å². The SMILES string of the molecule is S=P(Cl)(CCl)c1ccccc1. The van der Waals surface area contributed by atoms with E-state index in [1.54, 1.807) is 0 Å². The van der Waals surface area contributed by atoms with Gasteiger partial charge < -0.3 is 0 Å². The molecule has 0 aliphatic rings. The van der Waals surface area contributed by atoms with E-state index in [2.05, 4.69) is 0 Å². The Bertz CT molecular complexity index is 273. The summed E-state index contributed by atoms with van der Waals surface area (Å²) in [6.45, 7) is 0. The molecule has 0 amide bonds. The molecular weight excluding hydrogens is 218 g/mol. The van der Waals surface area contributed by atoms with Crippen LogP contribution in [0.5, 0.6) is 0 Å². The zero-order chi connectivity index (χ0) is 8.32. The molecule has 0 fully saturated rings. The van der Waals surface area contributed by atoms with E-state index in [0.29, 0.717) is 5.62 Å². The lowest BCUT2D eigenvalue weighted by Gasteiger charge is -2.09. The second-order valence-corrected chi connectivity index (χ2v) is 9.08. The smallest absolute Gasteiger partial charge is 0.0798 e. The fraction of sp³-hybridized carbons (Fsp3) is 0.143. The van der Waals surface area contributed by atoms with Gasteiger partial charge in [-0.1, -0.05) is 53.4 Å². The van der Waals surface area contributed by atoms with Gasteiger partial charge in [0.2, 0.25) is 0 Å². The van der Waals surface area contributed by atoms with Crippen LogP contribution < -0.4 is 5.30 Å². The molecule has 1 unspecified atom stereocenters. The summed E-state index contributed by atoms with van der Waals surface area (Å²) in [7, 11) is 0. The molecule has 0 saturated heterocycles. The van der Waals surface area contributed by atoms with Crippen LogP contribution in [0.15, 0.2) is 30.3 Å². The molecule has 0 nitrogen and oxygen atoms in total. The lowest BCUT2D eigenvalue weighted by atomic mass is 10.4. The van der Waals surface area contributed by atoms with Gasteiger partial charge in [0, 0.05) is 5.30 Å². The third kappa shape index (κ3) is 2.45. The fourth-order valence-corrected chi connectivity index (χ4v) is 2.59. The van der Waals surface area contributed by atoms with Gasteiger partial charge in [-0.15, -0.1) is 11.6 Å². The fourth-order valence-electron chi connectivity index (χ4n) is 0.720. The Hall–Kier alpha value is 0.450. The van der Waals surface area contributed by atoms with Crippen LogP contribution >= 0.6 is 28.2 Å². The molecule has 0 aliphatic heterocycles. The van der Waals surface area contributed by atoms with Crippen LogP contribution in [0.2, 0.25) is 0 Å². The molecule has 0 saturated carbocycles. The molecule has 0 heterocycles. The molecular formula is C7H7Cl2PS. The highest BCUT2D eigenvalue weighted by Crippen LogP contribution is 2.50. The van der Waals surface area contributed by atoms with Gasteiger partial charge in [0.15, 0.2) is 0 Å². The first-order valence-corrected chi connectivity index (χ1v) is 7.50. The first-order chi connectivity index (χ1) is 5.17. The van der Waals surface area contributed by atoms with Crippen molar-refractivity contribution in [3.63, 3.8) is 0 Å². The van der Waals surface area contributed by atoms with E-state index >= 15 is 0 Å². The molecule has 4 heteroatoms. The molecule has 0 aliphatic carbocycles. The van der Waals surface area contributed by atoms with Gasteiger partial charge >= 0.3 is 0 Å². The van der Waals surface area contributed by atoms with Crippen molar-refractivity contribution >= 4 is 45.3 Å². The summed E-state index contributed by atoms with van der Waals surface area (Å²) < 4.78 is 0. The summed E-state index contributed by atoms with van der Waals surface area (Å²) in [5.74, 6) is 0. The minimum atomic E-state index is -1.95. The van der Waals surface area contributed by atoms with Crippen LogP contribution in [0.25, 0.3) is 0 Å². The largest absolute Gasteiger partial charge is 0.119 e. The van der Waals surface area contributed by atoms with Crippen molar-refractivity contribution in [3.05, 3.63) is 30.3 Å². The van der Waals surface area contributed by atoms with Gasteiger partial charge in [-0.25, -0.2) is 0 Å². The first kappa shape index (κ1) is 9.54. The Labute approximate surface area is 81.3 Å². The summed E-state index contributed by atoms with van der Waals surface area (Å²) in [4.78, 5) is 0. The third-order valence-corrected chi connectivity index (χ3v) is 6.50. The van der Waals surface area contributed by atoms with Gasteiger partial charge in [-0.2, -0.15) is 0 Å². The maximum Gasteiger partial charge on any atom is 0.0798 e. The van der Waals surface area contributed by atoms with Crippen LogP contribution in [-0.4, -0.2) is 5.62 Å². The molecule has 0 bridgehead atoms. The van der Waals surface area contributed by atoms with E-state index in [1.165, 1.54) is 0 Å². The second kappa shape index (κ2) is 3.91. The van der Waals surface area contributed by atoms with Crippen LogP contribution in [0.3, 0.4) is 0 Å². The van der Waals surface area contributed by atoms with E-state index < -0.39 is 5.39 Å². The van der Waals surface area contributed by atoms with Gasteiger partial charge in [0.05, 0.1) is 11.0 Å². The zero-order valence-electron chi connectivity index (χ0n) is 5.71. The molecule has 0 radical (unpaired) electrons. The first-order valence-electron chi connectivity index (χ1n) is 3.07. The van der Waals surface area contributed by atoms with E-state index in [1.807, 2.05) is 30.3 Å². The summed E-state index contributed by atoms with van der Waals surface area (Å²) in [5, 5.41) is -0.963. The van der Waals surface area contributed by atoms with Crippen LogP contribution in [0.1, 0.15) is 0 Å².